The number of hydrogen-bond acceptors (Lipinski definition) is 6. The predicted octanol–water partition coefficient (Wildman–Crippen LogP) is 1.84. The van der Waals surface area contributed by atoms with Gasteiger partial charge in [0.2, 0.25) is 0 Å². The van der Waals surface area contributed by atoms with E-state index < -0.39 is 0 Å². The lowest BCUT2D eigenvalue weighted by molar-refractivity contribution is 0.459. The fourth-order valence-corrected chi connectivity index (χ4v) is 3.22. The number of aromatic hydroxyl groups is 1. The minimum absolute atomic E-state index is 0.102. The Kier molecular flexibility index (Phi) is 5.43. The van der Waals surface area contributed by atoms with Crippen LogP contribution in [0.1, 0.15) is 35.6 Å². The largest absolute Gasteiger partial charge is 0.507 e. The third kappa shape index (κ3) is 3.97. The van der Waals surface area contributed by atoms with Crippen molar-refractivity contribution >= 4 is 11.3 Å². The van der Waals surface area contributed by atoms with Crippen LogP contribution in [0.25, 0.3) is 11.3 Å². The van der Waals surface area contributed by atoms with E-state index in [2.05, 4.69) is 16.4 Å². The van der Waals surface area contributed by atoms with Gasteiger partial charge in [0.15, 0.2) is 0 Å². The van der Waals surface area contributed by atoms with Gasteiger partial charge in [-0.25, -0.2) is 0 Å². The summed E-state index contributed by atoms with van der Waals surface area (Å²) in [7, 11) is 0. The van der Waals surface area contributed by atoms with Gasteiger partial charge in [-0.05, 0) is 61.7 Å². The number of allylic oxidation sites excluding steroid dienone is 2. The number of nitrogens with zero attached hydrogens (tertiary/aromatic N) is 1. The summed E-state index contributed by atoms with van der Waals surface area (Å²) in [5.41, 5.74) is 21.2. The molecule has 1 aromatic heterocycles. The molecule has 1 saturated heterocycles. The minimum Gasteiger partial charge on any atom is -0.507 e. The summed E-state index contributed by atoms with van der Waals surface area (Å²) in [5.74, 6) is 0.762. The quantitative estimate of drug-likeness (QED) is 0.536. The molecule has 2 aromatic rings. The van der Waals surface area contributed by atoms with Crippen LogP contribution >= 0.6 is 0 Å². The molecule has 0 atom stereocenters. The molecule has 6 nitrogen and oxygen atoms in total. The van der Waals surface area contributed by atoms with E-state index in [4.69, 9.17) is 17.2 Å². The summed E-state index contributed by atoms with van der Waals surface area (Å²) in [6, 6.07) is 10.8. The van der Waals surface area contributed by atoms with Crippen LogP contribution in [0, 0.1) is 0 Å². The Bertz CT molecular complexity index is 816. The van der Waals surface area contributed by atoms with Crippen LogP contribution in [-0.2, 0) is 0 Å². The first-order valence-corrected chi connectivity index (χ1v) is 8.74. The highest BCUT2D eigenvalue weighted by molar-refractivity contribution is 5.83. The van der Waals surface area contributed by atoms with Gasteiger partial charge in [-0.2, -0.15) is 0 Å². The molecule has 3 rings (SSSR count). The Morgan fingerprint density at radius 2 is 1.81 bits per heavy atom. The topological polar surface area (TPSA) is 123 Å². The van der Waals surface area contributed by atoms with Gasteiger partial charge in [0, 0.05) is 23.0 Å². The van der Waals surface area contributed by atoms with Crippen LogP contribution < -0.4 is 22.5 Å². The number of benzene rings is 1. The summed E-state index contributed by atoms with van der Waals surface area (Å²) in [4.78, 5) is 4.54. The molecule has 26 heavy (non-hydrogen) atoms. The van der Waals surface area contributed by atoms with Crippen molar-refractivity contribution < 1.29 is 5.11 Å². The average molecular weight is 351 g/mol. The second-order valence-electron chi connectivity index (χ2n) is 6.49. The monoisotopic (exact) mass is 351 g/mol. The highest BCUT2D eigenvalue weighted by atomic mass is 16.3. The van der Waals surface area contributed by atoms with E-state index in [1.807, 2.05) is 12.3 Å². The zero-order valence-corrected chi connectivity index (χ0v) is 14.7. The zero-order valence-electron chi connectivity index (χ0n) is 14.7. The van der Waals surface area contributed by atoms with Crippen molar-refractivity contribution in [1.29, 1.82) is 0 Å². The Balaban J connectivity index is 1.88. The molecule has 0 spiro atoms. The molecule has 8 N–H and O–H groups in total. The second-order valence-corrected chi connectivity index (χ2v) is 6.49. The third-order valence-electron chi connectivity index (χ3n) is 4.70. The number of phenols is 1. The van der Waals surface area contributed by atoms with Crippen molar-refractivity contribution in [3.05, 3.63) is 71.3 Å². The van der Waals surface area contributed by atoms with E-state index in [1.165, 1.54) is 5.56 Å². The molecule has 1 aliphatic heterocycles. The van der Waals surface area contributed by atoms with Crippen LogP contribution in [0.4, 0.5) is 0 Å². The highest BCUT2D eigenvalue weighted by Gasteiger charge is 2.16. The van der Waals surface area contributed by atoms with Crippen LogP contribution in [0.3, 0.4) is 0 Å². The Morgan fingerprint density at radius 3 is 2.42 bits per heavy atom. The van der Waals surface area contributed by atoms with Gasteiger partial charge < -0.3 is 27.6 Å². The maximum atomic E-state index is 9.96. The standard InChI is InChI=1S/C20H25N5O/c21-17(15-3-1-2-4-19(15)26)11-16(20(22)23)18-6-5-14(12-25-18)13-7-9-24-10-8-13/h1-6,11-13,24,26H,7-10,21-23H2/b17-11-. The van der Waals surface area contributed by atoms with Crippen molar-refractivity contribution in [3.63, 3.8) is 0 Å². The van der Waals surface area contributed by atoms with Crippen molar-refractivity contribution in [2.75, 3.05) is 13.1 Å². The number of aromatic nitrogens is 1. The van der Waals surface area contributed by atoms with Crippen molar-refractivity contribution in [2.24, 2.45) is 17.2 Å². The summed E-state index contributed by atoms with van der Waals surface area (Å²) in [5, 5.41) is 13.3. The number of hydrogen-bond donors (Lipinski definition) is 5. The van der Waals surface area contributed by atoms with Crippen LogP contribution in [0.2, 0.25) is 0 Å². The number of piperidine rings is 1. The SMILES string of the molecule is NC(N)=C(/C=C(\N)c1ccccc1O)c1ccc(C2CCNCC2)cn1. The van der Waals surface area contributed by atoms with Crippen LogP contribution in [0.5, 0.6) is 5.75 Å². The molecule has 1 aliphatic rings. The van der Waals surface area contributed by atoms with Crippen molar-refractivity contribution in [1.82, 2.24) is 10.3 Å². The van der Waals surface area contributed by atoms with Crippen LogP contribution in [-0.4, -0.2) is 23.2 Å². The fourth-order valence-electron chi connectivity index (χ4n) is 3.22. The van der Waals surface area contributed by atoms with E-state index in [0.29, 0.717) is 28.4 Å². The Morgan fingerprint density at radius 1 is 1.08 bits per heavy atom. The lowest BCUT2D eigenvalue weighted by Gasteiger charge is -2.22. The van der Waals surface area contributed by atoms with Gasteiger partial charge in [-0.15, -0.1) is 0 Å². The minimum atomic E-state index is 0.102. The number of nitrogens with one attached hydrogen (secondary N) is 1. The Labute approximate surface area is 153 Å². The number of phenolic OH excluding ortho intramolecular Hbond substituents is 1. The van der Waals surface area contributed by atoms with Gasteiger partial charge >= 0.3 is 0 Å². The highest BCUT2D eigenvalue weighted by Crippen LogP contribution is 2.27. The molecule has 1 fully saturated rings. The van der Waals surface area contributed by atoms with E-state index in [9.17, 15) is 5.11 Å². The Hall–Kier alpha value is -2.99. The fraction of sp³-hybridized carbons (Fsp3) is 0.250. The van der Waals surface area contributed by atoms with Gasteiger partial charge in [0.1, 0.15) is 11.6 Å². The third-order valence-corrected chi connectivity index (χ3v) is 4.70. The summed E-state index contributed by atoms with van der Waals surface area (Å²) in [6.45, 7) is 2.07. The number of rotatable bonds is 4. The second kappa shape index (κ2) is 7.93. The average Bonchev–Trinajstić information content (AvgIpc) is 2.67. The van der Waals surface area contributed by atoms with Crippen molar-refractivity contribution in [3.8, 4) is 5.75 Å². The first-order valence-electron chi connectivity index (χ1n) is 8.74. The first-order chi connectivity index (χ1) is 12.6. The summed E-state index contributed by atoms with van der Waals surface area (Å²) < 4.78 is 0. The smallest absolute Gasteiger partial charge is 0.124 e. The number of nitrogens with two attached hydrogens (primary N) is 3. The zero-order chi connectivity index (χ0) is 18.5. The first kappa shape index (κ1) is 17.8. The van der Waals surface area contributed by atoms with Gasteiger partial charge in [-0.3, -0.25) is 4.98 Å². The van der Waals surface area contributed by atoms with Crippen molar-refractivity contribution in [2.45, 2.75) is 18.8 Å². The van der Waals surface area contributed by atoms with E-state index in [1.54, 1.807) is 30.3 Å². The number of pyridine rings is 1. The van der Waals surface area contributed by atoms with E-state index >= 15 is 0 Å². The van der Waals surface area contributed by atoms with E-state index in [0.717, 1.165) is 25.9 Å². The molecule has 0 unspecified atom stereocenters. The van der Waals surface area contributed by atoms with Crippen LogP contribution in [0.15, 0.2) is 54.5 Å². The molecule has 0 aliphatic carbocycles. The molecular formula is C20H25N5O. The molecule has 0 bridgehead atoms. The lowest BCUT2D eigenvalue weighted by Crippen LogP contribution is -2.26. The maximum Gasteiger partial charge on any atom is 0.124 e. The maximum absolute atomic E-state index is 9.96. The summed E-state index contributed by atoms with van der Waals surface area (Å²) in [6.07, 6.45) is 5.76. The molecule has 0 radical (unpaired) electrons. The molecule has 6 heteroatoms. The van der Waals surface area contributed by atoms with Gasteiger partial charge in [-0.1, -0.05) is 18.2 Å². The van der Waals surface area contributed by atoms with E-state index in [-0.39, 0.29) is 11.6 Å². The predicted molar refractivity (Wildman–Crippen MR) is 105 cm³/mol. The van der Waals surface area contributed by atoms with Gasteiger partial charge in [0.05, 0.1) is 5.69 Å². The molecule has 2 heterocycles. The normalized spacial score (nSPS) is 15.6. The van der Waals surface area contributed by atoms with Gasteiger partial charge in [0.25, 0.3) is 0 Å². The molecule has 1 aromatic carbocycles. The molecule has 0 amide bonds. The lowest BCUT2D eigenvalue weighted by atomic mass is 9.91. The molecule has 136 valence electrons. The molecule has 0 saturated carbocycles. The molecular weight excluding hydrogens is 326 g/mol. The number of para-hydroxylation sites is 1. The summed E-state index contributed by atoms with van der Waals surface area (Å²) >= 11 is 0.